The van der Waals surface area contributed by atoms with Crippen molar-refractivity contribution >= 4 is 5.97 Å². The van der Waals surface area contributed by atoms with Gasteiger partial charge >= 0.3 is 5.97 Å². The zero-order valence-corrected chi connectivity index (χ0v) is 12.6. The van der Waals surface area contributed by atoms with Crippen LogP contribution in [0.2, 0.25) is 0 Å². The topological polar surface area (TPSA) is 37.3 Å². The van der Waals surface area contributed by atoms with E-state index >= 15 is 0 Å². The largest absolute Gasteiger partial charge is 0.481 e. The molecule has 1 N–H and O–H groups in total. The SMILES string of the molecule is CCCCC(CC)(Cc1cc(C)cc(C)c1)C(=O)O. The van der Waals surface area contributed by atoms with Gasteiger partial charge in [-0.3, -0.25) is 4.79 Å². The molecule has 0 radical (unpaired) electrons. The van der Waals surface area contributed by atoms with E-state index in [-0.39, 0.29) is 0 Å². The maximum Gasteiger partial charge on any atom is 0.309 e. The number of rotatable bonds is 7. The van der Waals surface area contributed by atoms with Crippen LogP contribution < -0.4 is 0 Å². The molecule has 0 aliphatic heterocycles. The molecule has 0 amide bonds. The average molecular weight is 262 g/mol. The molecule has 1 aromatic rings. The predicted octanol–water partition coefficient (Wildman–Crippen LogP) is 4.52. The van der Waals surface area contributed by atoms with Gasteiger partial charge in [-0.05, 0) is 38.7 Å². The van der Waals surface area contributed by atoms with Crippen molar-refractivity contribution in [3.8, 4) is 0 Å². The van der Waals surface area contributed by atoms with Crippen molar-refractivity contribution < 1.29 is 9.90 Å². The Labute approximate surface area is 116 Å². The second-order valence-electron chi connectivity index (χ2n) is 5.72. The van der Waals surface area contributed by atoms with Crippen molar-refractivity contribution in [2.45, 2.75) is 59.8 Å². The van der Waals surface area contributed by atoms with E-state index in [4.69, 9.17) is 0 Å². The Morgan fingerprint density at radius 1 is 1.16 bits per heavy atom. The molecule has 0 bridgehead atoms. The highest BCUT2D eigenvalue weighted by Crippen LogP contribution is 2.34. The van der Waals surface area contributed by atoms with Crippen LogP contribution in [0.1, 0.15) is 56.2 Å². The molecule has 0 aliphatic rings. The van der Waals surface area contributed by atoms with Crippen LogP contribution >= 0.6 is 0 Å². The first-order valence-corrected chi connectivity index (χ1v) is 7.24. The van der Waals surface area contributed by atoms with Crippen LogP contribution in [-0.2, 0) is 11.2 Å². The molecule has 1 aromatic carbocycles. The molecular formula is C17H26O2. The number of hydrogen-bond acceptors (Lipinski definition) is 1. The van der Waals surface area contributed by atoms with Crippen LogP contribution in [0.25, 0.3) is 0 Å². The third-order valence-corrected chi connectivity index (χ3v) is 3.96. The summed E-state index contributed by atoms with van der Waals surface area (Å²) in [4.78, 5) is 11.7. The van der Waals surface area contributed by atoms with E-state index in [9.17, 15) is 9.90 Å². The summed E-state index contributed by atoms with van der Waals surface area (Å²) < 4.78 is 0. The Morgan fingerprint density at radius 2 is 1.74 bits per heavy atom. The van der Waals surface area contributed by atoms with Gasteiger partial charge in [-0.1, -0.05) is 56.0 Å². The number of carboxylic acids is 1. The second kappa shape index (κ2) is 6.74. The number of aryl methyl sites for hydroxylation is 2. The highest BCUT2D eigenvalue weighted by Gasteiger charge is 2.36. The van der Waals surface area contributed by atoms with Crippen molar-refractivity contribution in [1.29, 1.82) is 0 Å². The molecule has 0 fully saturated rings. The second-order valence-corrected chi connectivity index (χ2v) is 5.72. The molecule has 0 saturated carbocycles. The molecule has 1 rings (SSSR count). The molecule has 0 heterocycles. The van der Waals surface area contributed by atoms with Gasteiger partial charge in [0.15, 0.2) is 0 Å². The van der Waals surface area contributed by atoms with Gasteiger partial charge in [-0.25, -0.2) is 0 Å². The Hall–Kier alpha value is -1.31. The summed E-state index contributed by atoms with van der Waals surface area (Å²) in [7, 11) is 0. The van der Waals surface area contributed by atoms with Gasteiger partial charge in [0, 0.05) is 0 Å². The maximum absolute atomic E-state index is 11.7. The lowest BCUT2D eigenvalue weighted by Gasteiger charge is -2.28. The Kier molecular flexibility index (Phi) is 5.59. The Morgan fingerprint density at radius 3 is 2.16 bits per heavy atom. The lowest BCUT2D eigenvalue weighted by atomic mass is 9.75. The maximum atomic E-state index is 11.7. The van der Waals surface area contributed by atoms with Gasteiger partial charge in [-0.15, -0.1) is 0 Å². The minimum absolute atomic E-state index is 0.601. The number of hydrogen-bond donors (Lipinski definition) is 1. The summed E-state index contributed by atoms with van der Waals surface area (Å²) in [6.07, 6.45) is 4.12. The minimum atomic E-state index is -0.650. The van der Waals surface area contributed by atoms with E-state index in [0.717, 1.165) is 24.8 Å². The molecule has 0 spiro atoms. The van der Waals surface area contributed by atoms with Gasteiger partial charge in [-0.2, -0.15) is 0 Å². The van der Waals surface area contributed by atoms with Crippen molar-refractivity contribution in [2.24, 2.45) is 5.41 Å². The lowest BCUT2D eigenvalue weighted by Crippen LogP contribution is -2.33. The van der Waals surface area contributed by atoms with E-state index in [2.05, 4.69) is 39.0 Å². The highest BCUT2D eigenvalue weighted by molar-refractivity contribution is 5.75. The van der Waals surface area contributed by atoms with E-state index in [1.54, 1.807) is 0 Å². The summed E-state index contributed by atoms with van der Waals surface area (Å²) in [6.45, 7) is 8.24. The highest BCUT2D eigenvalue weighted by atomic mass is 16.4. The van der Waals surface area contributed by atoms with Crippen molar-refractivity contribution in [3.63, 3.8) is 0 Å². The predicted molar refractivity (Wildman–Crippen MR) is 79.5 cm³/mol. The number of carbonyl (C=O) groups is 1. The molecule has 0 aliphatic carbocycles. The van der Waals surface area contributed by atoms with Crippen molar-refractivity contribution in [1.82, 2.24) is 0 Å². The van der Waals surface area contributed by atoms with Gasteiger partial charge < -0.3 is 5.11 Å². The smallest absolute Gasteiger partial charge is 0.309 e. The van der Waals surface area contributed by atoms with Gasteiger partial charge in [0.1, 0.15) is 0 Å². The quantitative estimate of drug-likeness (QED) is 0.784. The first-order chi connectivity index (χ1) is 8.93. The Balaban J connectivity index is 3.02. The third-order valence-electron chi connectivity index (χ3n) is 3.96. The normalized spacial score (nSPS) is 14.1. The van der Waals surface area contributed by atoms with E-state index in [1.165, 1.54) is 11.1 Å². The zero-order chi connectivity index (χ0) is 14.5. The molecule has 1 atom stereocenters. The van der Waals surface area contributed by atoms with Crippen LogP contribution in [0, 0.1) is 19.3 Å². The van der Waals surface area contributed by atoms with E-state index in [0.29, 0.717) is 12.8 Å². The summed E-state index contributed by atoms with van der Waals surface area (Å²) in [5, 5.41) is 9.65. The number of unbranched alkanes of at least 4 members (excludes halogenated alkanes) is 1. The standard InChI is InChI=1S/C17H26O2/c1-5-7-8-17(6-2,16(18)19)12-15-10-13(3)9-14(4)11-15/h9-11H,5-8,12H2,1-4H3,(H,18,19). The summed E-state index contributed by atoms with van der Waals surface area (Å²) in [5.41, 5.74) is 2.97. The molecule has 1 unspecified atom stereocenters. The molecule has 2 heteroatoms. The fourth-order valence-corrected chi connectivity index (χ4v) is 2.80. The van der Waals surface area contributed by atoms with Crippen LogP contribution in [-0.4, -0.2) is 11.1 Å². The van der Waals surface area contributed by atoms with Crippen LogP contribution in [0.4, 0.5) is 0 Å². The first kappa shape index (κ1) is 15.7. The van der Waals surface area contributed by atoms with Crippen LogP contribution in [0.3, 0.4) is 0 Å². The summed E-state index contributed by atoms with van der Waals surface area (Å²) in [6, 6.07) is 6.36. The fraction of sp³-hybridized carbons (Fsp3) is 0.588. The zero-order valence-electron chi connectivity index (χ0n) is 12.6. The molecular weight excluding hydrogens is 236 g/mol. The summed E-state index contributed by atoms with van der Waals surface area (Å²) >= 11 is 0. The van der Waals surface area contributed by atoms with Gasteiger partial charge in [0.05, 0.1) is 5.41 Å². The van der Waals surface area contributed by atoms with Crippen molar-refractivity contribution in [2.75, 3.05) is 0 Å². The Bertz CT molecular complexity index is 417. The average Bonchev–Trinajstić information content (AvgIpc) is 2.33. The van der Waals surface area contributed by atoms with Crippen molar-refractivity contribution in [3.05, 3.63) is 34.9 Å². The minimum Gasteiger partial charge on any atom is -0.481 e. The van der Waals surface area contributed by atoms with Crippen LogP contribution in [0.15, 0.2) is 18.2 Å². The number of carboxylic acid groups (broad SMARTS) is 1. The van der Waals surface area contributed by atoms with E-state index in [1.807, 2.05) is 6.92 Å². The fourth-order valence-electron chi connectivity index (χ4n) is 2.80. The molecule has 0 saturated heterocycles. The van der Waals surface area contributed by atoms with Crippen LogP contribution in [0.5, 0.6) is 0 Å². The number of benzene rings is 1. The monoisotopic (exact) mass is 262 g/mol. The molecule has 0 aromatic heterocycles. The molecule has 2 nitrogen and oxygen atoms in total. The summed E-state index contributed by atoms with van der Waals surface area (Å²) in [5.74, 6) is -0.650. The third kappa shape index (κ3) is 4.09. The lowest BCUT2D eigenvalue weighted by molar-refractivity contribution is -0.149. The molecule has 106 valence electrons. The first-order valence-electron chi connectivity index (χ1n) is 7.24. The van der Waals surface area contributed by atoms with Gasteiger partial charge in [0.25, 0.3) is 0 Å². The number of aliphatic carboxylic acids is 1. The molecule has 19 heavy (non-hydrogen) atoms. The van der Waals surface area contributed by atoms with E-state index < -0.39 is 11.4 Å². The van der Waals surface area contributed by atoms with Gasteiger partial charge in [0.2, 0.25) is 0 Å².